The average Bonchev–Trinajstić information content (AvgIpc) is 2.57. The second kappa shape index (κ2) is 3.21. The summed E-state index contributed by atoms with van der Waals surface area (Å²) in [5, 5.41) is 0. The molecule has 0 aromatic heterocycles. The Morgan fingerprint density at radius 3 is 2.86 bits per heavy atom. The Labute approximate surface area is 83.2 Å². The maximum absolute atomic E-state index is 5.90. The summed E-state index contributed by atoms with van der Waals surface area (Å²) >= 11 is 0. The topological polar surface area (TPSA) is 67.6 Å². The summed E-state index contributed by atoms with van der Waals surface area (Å²) in [6.07, 6.45) is 1.82. The summed E-state index contributed by atoms with van der Waals surface area (Å²) in [5.41, 5.74) is 13.8. The maximum Gasteiger partial charge on any atom is 0.0899 e. The number of anilines is 3. The highest BCUT2D eigenvalue weighted by atomic mass is 15.2. The van der Waals surface area contributed by atoms with E-state index in [1.807, 2.05) is 23.4 Å². The fourth-order valence-electron chi connectivity index (χ4n) is 1.58. The Morgan fingerprint density at radius 2 is 2.21 bits per heavy atom. The van der Waals surface area contributed by atoms with Gasteiger partial charge in [-0.3, -0.25) is 4.99 Å². The molecule has 14 heavy (non-hydrogen) atoms. The first-order valence-corrected chi connectivity index (χ1v) is 4.62. The molecule has 1 aromatic rings. The lowest BCUT2D eigenvalue weighted by molar-refractivity contribution is 0.787. The van der Waals surface area contributed by atoms with Gasteiger partial charge in [-0.2, -0.15) is 0 Å². The van der Waals surface area contributed by atoms with Crippen molar-refractivity contribution < 1.29 is 0 Å². The SMILES string of the molecule is C[C@H]1CN=CN1c1cccc(N)c1N. The lowest BCUT2D eigenvalue weighted by atomic mass is 10.2. The second-order valence-corrected chi connectivity index (χ2v) is 3.52. The van der Waals surface area contributed by atoms with E-state index in [0.29, 0.717) is 17.4 Å². The molecular weight excluding hydrogens is 176 g/mol. The Bertz CT molecular complexity index is 372. The van der Waals surface area contributed by atoms with Crippen LogP contribution in [-0.2, 0) is 0 Å². The van der Waals surface area contributed by atoms with Gasteiger partial charge in [0.2, 0.25) is 0 Å². The number of rotatable bonds is 1. The van der Waals surface area contributed by atoms with E-state index in [4.69, 9.17) is 11.5 Å². The molecule has 74 valence electrons. The number of para-hydroxylation sites is 1. The predicted octanol–water partition coefficient (Wildman–Crippen LogP) is 1.09. The molecule has 0 aliphatic carbocycles. The van der Waals surface area contributed by atoms with Gasteiger partial charge in [0.05, 0.1) is 36.0 Å². The third kappa shape index (κ3) is 1.28. The van der Waals surface area contributed by atoms with Crippen LogP contribution in [-0.4, -0.2) is 18.9 Å². The van der Waals surface area contributed by atoms with E-state index < -0.39 is 0 Å². The lowest BCUT2D eigenvalue weighted by Gasteiger charge is -2.22. The molecule has 4 nitrogen and oxygen atoms in total. The van der Waals surface area contributed by atoms with Crippen LogP contribution in [0.1, 0.15) is 6.92 Å². The standard InChI is InChI=1S/C10H14N4/c1-7-5-13-6-14(7)9-4-2-3-8(11)10(9)12/h2-4,6-7H,5,11-12H2,1H3/t7-/m0/s1. The molecule has 0 saturated heterocycles. The van der Waals surface area contributed by atoms with Crippen molar-refractivity contribution in [3.63, 3.8) is 0 Å². The molecule has 0 amide bonds. The number of aliphatic imine (C=N–C) groups is 1. The zero-order valence-electron chi connectivity index (χ0n) is 8.14. The van der Waals surface area contributed by atoms with Crippen LogP contribution in [0.4, 0.5) is 17.1 Å². The Hall–Kier alpha value is -1.71. The van der Waals surface area contributed by atoms with E-state index >= 15 is 0 Å². The summed E-state index contributed by atoms with van der Waals surface area (Å²) in [4.78, 5) is 6.24. The van der Waals surface area contributed by atoms with Gasteiger partial charge in [-0.05, 0) is 19.1 Å². The molecule has 2 rings (SSSR count). The van der Waals surface area contributed by atoms with E-state index in [1.54, 1.807) is 6.07 Å². The van der Waals surface area contributed by atoms with Gasteiger partial charge >= 0.3 is 0 Å². The highest BCUT2D eigenvalue weighted by molar-refractivity contribution is 5.91. The van der Waals surface area contributed by atoms with E-state index in [0.717, 1.165) is 12.2 Å². The van der Waals surface area contributed by atoms with Crippen LogP contribution in [0.2, 0.25) is 0 Å². The number of hydrogen-bond acceptors (Lipinski definition) is 4. The maximum atomic E-state index is 5.90. The first-order chi connectivity index (χ1) is 6.70. The summed E-state index contributed by atoms with van der Waals surface area (Å²) < 4.78 is 0. The van der Waals surface area contributed by atoms with Gasteiger partial charge < -0.3 is 16.4 Å². The highest BCUT2D eigenvalue weighted by Crippen LogP contribution is 2.29. The molecule has 4 heteroatoms. The summed E-state index contributed by atoms with van der Waals surface area (Å²) in [7, 11) is 0. The minimum atomic E-state index is 0.360. The second-order valence-electron chi connectivity index (χ2n) is 3.52. The molecule has 0 fully saturated rings. The van der Waals surface area contributed by atoms with Crippen LogP contribution < -0.4 is 16.4 Å². The van der Waals surface area contributed by atoms with Gasteiger partial charge in [0.15, 0.2) is 0 Å². The normalized spacial score (nSPS) is 20.4. The predicted molar refractivity (Wildman–Crippen MR) is 60.6 cm³/mol. The van der Waals surface area contributed by atoms with Crippen molar-refractivity contribution in [3.8, 4) is 0 Å². The zero-order valence-corrected chi connectivity index (χ0v) is 8.14. The quantitative estimate of drug-likeness (QED) is 0.651. The molecule has 0 spiro atoms. The zero-order chi connectivity index (χ0) is 10.1. The smallest absolute Gasteiger partial charge is 0.0899 e. The first-order valence-electron chi connectivity index (χ1n) is 4.62. The molecular formula is C10H14N4. The average molecular weight is 190 g/mol. The lowest BCUT2D eigenvalue weighted by Crippen LogP contribution is -2.29. The van der Waals surface area contributed by atoms with Crippen LogP contribution in [0.3, 0.4) is 0 Å². The van der Waals surface area contributed by atoms with Gasteiger partial charge in [-0.25, -0.2) is 0 Å². The Balaban J connectivity index is 2.41. The number of hydrogen-bond donors (Lipinski definition) is 2. The Kier molecular flexibility index (Phi) is 2.04. The molecule has 1 aliphatic heterocycles. The first kappa shape index (κ1) is 8.87. The van der Waals surface area contributed by atoms with Crippen molar-refractivity contribution in [2.24, 2.45) is 4.99 Å². The molecule has 1 atom stereocenters. The van der Waals surface area contributed by atoms with Gasteiger partial charge in [0.1, 0.15) is 0 Å². The molecule has 0 bridgehead atoms. The molecule has 0 radical (unpaired) electrons. The van der Waals surface area contributed by atoms with Crippen molar-refractivity contribution in [2.45, 2.75) is 13.0 Å². The molecule has 0 unspecified atom stereocenters. The highest BCUT2D eigenvalue weighted by Gasteiger charge is 2.19. The van der Waals surface area contributed by atoms with E-state index in [2.05, 4.69) is 11.9 Å². The molecule has 0 saturated carbocycles. The van der Waals surface area contributed by atoms with Crippen LogP contribution in [0.25, 0.3) is 0 Å². The number of nitrogens with zero attached hydrogens (tertiary/aromatic N) is 2. The van der Waals surface area contributed by atoms with Gasteiger partial charge in [-0.1, -0.05) is 6.07 Å². The number of nitrogens with two attached hydrogens (primary N) is 2. The van der Waals surface area contributed by atoms with Crippen molar-refractivity contribution in [3.05, 3.63) is 18.2 Å². The van der Waals surface area contributed by atoms with Crippen molar-refractivity contribution in [1.82, 2.24) is 0 Å². The van der Waals surface area contributed by atoms with Gasteiger partial charge in [0.25, 0.3) is 0 Å². The molecule has 1 aliphatic rings. The third-order valence-corrected chi connectivity index (χ3v) is 2.45. The minimum Gasteiger partial charge on any atom is -0.397 e. The van der Waals surface area contributed by atoms with Gasteiger partial charge in [0, 0.05) is 0 Å². The minimum absolute atomic E-state index is 0.360. The van der Waals surface area contributed by atoms with Crippen LogP contribution in [0.15, 0.2) is 23.2 Å². The fraction of sp³-hybridized carbons (Fsp3) is 0.300. The third-order valence-electron chi connectivity index (χ3n) is 2.45. The monoisotopic (exact) mass is 190 g/mol. The largest absolute Gasteiger partial charge is 0.397 e. The number of benzene rings is 1. The van der Waals surface area contributed by atoms with Crippen molar-refractivity contribution in [1.29, 1.82) is 0 Å². The number of nitrogen functional groups attached to an aromatic ring is 2. The van der Waals surface area contributed by atoms with Crippen LogP contribution in [0.5, 0.6) is 0 Å². The van der Waals surface area contributed by atoms with Crippen LogP contribution in [0, 0.1) is 0 Å². The summed E-state index contributed by atoms with van der Waals surface area (Å²) in [6, 6.07) is 6.02. The van der Waals surface area contributed by atoms with Gasteiger partial charge in [-0.15, -0.1) is 0 Å². The van der Waals surface area contributed by atoms with E-state index in [-0.39, 0.29) is 0 Å². The van der Waals surface area contributed by atoms with Crippen molar-refractivity contribution in [2.75, 3.05) is 22.9 Å². The fourth-order valence-corrected chi connectivity index (χ4v) is 1.58. The molecule has 1 aromatic carbocycles. The van der Waals surface area contributed by atoms with Crippen molar-refractivity contribution >= 4 is 23.4 Å². The summed E-state index contributed by atoms with van der Waals surface area (Å²) in [6.45, 7) is 2.92. The van der Waals surface area contributed by atoms with E-state index in [1.165, 1.54) is 0 Å². The Morgan fingerprint density at radius 1 is 1.43 bits per heavy atom. The molecule has 1 heterocycles. The summed E-state index contributed by atoms with van der Waals surface area (Å²) in [5.74, 6) is 0. The molecule has 4 N–H and O–H groups in total. The van der Waals surface area contributed by atoms with E-state index in [9.17, 15) is 0 Å². The van der Waals surface area contributed by atoms with Crippen LogP contribution >= 0.6 is 0 Å².